The van der Waals surface area contributed by atoms with Gasteiger partial charge in [-0.2, -0.15) is 0 Å². The number of benzene rings is 1. The third kappa shape index (κ3) is 4.43. The molecule has 2 nitrogen and oxygen atoms in total. The van der Waals surface area contributed by atoms with E-state index in [1.54, 1.807) is 0 Å². The summed E-state index contributed by atoms with van der Waals surface area (Å²) in [6, 6.07) is 10.00. The molecule has 2 heteroatoms. The fourth-order valence-electron chi connectivity index (χ4n) is 2.70. The lowest BCUT2D eigenvalue weighted by Gasteiger charge is -2.26. The van der Waals surface area contributed by atoms with Crippen LogP contribution < -0.4 is 0 Å². The normalized spacial score (nSPS) is 18.7. The molecule has 18 heavy (non-hydrogen) atoms. The molecule has 1 saturated heterocycles. The molecule has 0 aliphatic carbocycles. The Morgan fingerprint density at radius 3 is 2.44 bits per heavy atom. The topological polar surface area (TPSA) is 23.5 Å². The van der Waals surface area contributed by atoms with Crippen LogP contribution in [0, 0.1) is 0 Å². The monoisotopic (exact) mass is 247 g/mol. The highest BCUT2D eigenvalue weighted by molar-refractivity contribution is 5.16. The van der Waals surface area contributed by atoms with Crippen LogP contribution in [0.2, 0.25) is 0 Å². The minimum atomic E-state index is -0.285. The van der Waals surface area contributed by atoms with Crippen LogP contribution in [-0.4, -0.2) is 29.6 Å². The predicted octanol–water partition coefficient (Wildman–Crippen LogP) is 3.38. The van der Waals surface area contributed by atoms with Crippen molar-refractivity contribution in [3.63, 3.8) is 0 Å². The highest BCUT2D eigenvalue weighted by Gasteiger charge is 2.10. The van der Waals surface area contributed by atoms with Gasteiger partial charge in [0.15, 0.2) is 0 Å². The van der Waals surface area contributed by atoms with Crippen LogP contribution in [0.4, 0.5) is 0 Å². The SMILES string of the molecule is O[C@H](CCCCN1CCCCC1)c1ccccc1. The Kier molecular flexibility index (Phi) is 5.69. The largest absolute Gasteiger partial charge is 0.388 e. The summed E-state index contributed by atoms with van der Waals surface area (Å²) in [5.74, 6) is 0. The molecule has 2 rings (SSSR count). The molecule has 0 radical (unpaired) electrons. The van der Waals surface area contributed by atoms with Gasteiger partial charge in [0.2, 0.25) is 0 Å². The second-order valence-electron chi connectivity index (χ2n) is 5.32. The lowest BCUT2D eigenvalue weighted by molar-refractivity contribution is 0.158. The van der Waals surface area contributed by atoms with Crippen LogP contribution >= 0.6 is 0 Å². The molecular weight excluding hydrogens is 222 g/mol. The average molecular weight is 247 g/mol. The number of piperidine rings is 1. The van der Waals surface area contributed by atoms with Crippen LogP contribution in [0.5, 0.6) is 0 Å². The van der Waals surface area contributed by atoms with E-state index in [1.807, 2.05) is 30.3 Å². The van der Waals surface area contributed by atoms with E-state index in [0.717, 1.165) is 18.4 Å². The Morgan fingerprint density at radius 1 is 1.00 bits per heavy atom. The van der Waals surface area contributed by atoms with Crippen LogP contribution in [0.3, 0.4) is 0 Å². The average Bonchev–Trinajstić information content (AvgIpc) is 2.45. The number of unbranched alkanes of at least 4 members (excludes halogenated alkanes) is 1. The van der Waals surface area contributed by atoms with E-state index in [0.29, 0.717) is 0 Å². The maximum Gasteiger partial charge on any atom is 0.0790 e. The van der Waals surface area contributed by atoms with Gasteiger partial charge >= 0.3 is 0 Å². The summed E-state index contributed by atoms with van der Waals surface area (Å²) >= 11 is 0. The van der Waals surface area contributed by atoms with E-state index >= 15 is 0 Å². The molecule has 1 aromatic rings. The van der Waals surface area contributed by atoms with Gasteiger partial charge in [-0.3, -0.25) is 0 Å². The Hall–Kier alpha value is -0.860. The molecule has 1 atom stereocenters. The minimum absolute atomic E-state index is 0.285. The standard InChI is InChI=1S/C16H25NO/c18-16(15-9-3-1-4-10-15)11-5-8-14-17-12-6-2-7-13-17/h1,3-4,9-10,16,18H,2,5-8,11-14H2/t16-/m1/s1. The maximum atomic E-state index is 10.0. The number of rotatable bonds is 6. The third-order valence-corrected chi connectivity index (χ3v) is 3.83. The van der Waals surface area contributed by atoms with Gasteiger partial charge in [-0.05, 0) is 57.3 Å². The zero-order chi connectivity index (χ0) is 12.6. The molecule has 1 N–H and O–H groups in total. The van der Waals surface area contributed by atoms with E-state index in [9.17, 15) is 5.11 Å². The number of aliphatic hydroxyl groups excluding tert-OH is 1. The number of aliphatic hydroxyl groups is 1. The van der Waals surface area contributed by atoms with E-state index in [2.05, 4.69) is 4.90 Å². The Morgan fingerprint density at radius 2 is 1.72 bits per heavy atom. The first-order valence-electron chi connectivity index (χ1n) is 7.31. The molecule has 1 aliphatic rings. The van der Waals surface area contributed by atoms with Crippen molar-refractivity contribution in [3.05, 3.63) is 35.9 Å². The quantitative estimate of drug-likeness (QED) is 0.779. The van der Waals surface area contributed by atoms with Crippen molar-refractivity contribution in [2.75, 3.05) is 19.6 Å². The van der Waals surface area contributed by atoms with Crippen molar-refractivity contribution in [2.24, 2.45) is 0 Å². The highest BCUT2D eigenvalue weighted by Crippen LogP contribution is 2.19. The summed E-state index contributed by atoms with van der Waals surface area (Å²) in [4.78, 5) is 2.57. The fraction of sp³-hybridized carbons (Fsp3) is 0.625. The van der Waals surface area contributed by atoms with Crippen molar-refractivity contribution in [1.29, 1.82) is 0 Å². The molecule has 1 aromatic carbocycles. The number of likely N-dealkylation sites (tertiary alicyclic amines) is 1. The molecule has 100 valence electrons. The number of hydrogen-bond donors (Lipinski definition) is 1. The zero-order valence-electron chi connectivity index (χ0n) is 11.2. The van der Waals surface area contributed by atoms with Gasteiger partial charge in [-0.1, -0.05) is 36.8 Å². The first-order chi connectivity index (χ1) is 8.86. The summed E-state index contributed by atoms with van der Waals surface area (Å²) in [5.41, 5.74) is 1.05. The van der Waals surface area contributed by atoms with E-state index in [1.165, 1.54) is 45.3 Å². The molecule has 0 bridgehead atoms. The lowest BCUT2D eigenvalue weighted by Crippen LogP contribution is -2.30. The molecule has 0 spiro atoms. The first-order valence-corrected chi connectivity index (χ1v) is 7.31. The van der Waals surface area contributed by atoms with Crippen molar-refractivity contribution >= 4 is 0 Å². The fourth-order valence-corrected chi connectivity index (χ4v) is 2.70. The van der Waals surface area contributed by atoms with Crippen molar-refractivity contribution in [3.8, 4) is 0 Å². The smallest absolute Gasteiger partial charge is 0.0790 e. The van der Waals surface area contributed by atoms with Crippen LogP contribution in [0.15, 0.2) is 30.3 Å². The van der Waals surface area contributed by atoms with Gasteiger partial charge in [-0.25, -0.2) is 0 Å². The summed E-state index contributed by atoms with van der Waals surface area (Å²) in [6.45, 7) is 3.77. The summed E-state index contributed by atoms with van der Waals surface area (Å²) in [7, 11) is 0. The van der Waals surface area contributed by atoms with E-state index in [-0.39, 0.29) is 6.10 Å². The Labute approximate surface area is 111 Å². The minimum Gasteiger partial charge on any atom is -0.388 e. The molecule has 0 unspecified atom stereocenters. The van der Waals surface area contributed by atoms with Crippen LogP contribution in [0.1, 0.15) is 50.2 Å². The molecule has 0 saturated carbocycles. The van der Waals surface area contributed by atoms with Crippen molar-refractivity contribution in [2.45, 2.75) is 44.6 Å². The molecule has 1 fully saturated rings. The van der Waals surface area contributed by atoms with Gasteiger partial charge in [0.25, 0.3) is 0 Å². The van der Waals surface area contributed by atoms with Gasteiger partial charge in [-0.15, -0.1) is 0 Å². The maximum absolute atomic E-state index is 10.0. The lowest BCUT2D eigenvalue weighted by atomic mass is 10.0. The molecule has 0 aromatic heterocycles. The number of nitrogens with zero attached hydrogens (tertiary/aromatic N) is 1. The second kappa shape index (κ2) is 7.55. The summed E-state index contributed by atoms with van der Waals surface area (Å²) < 4.78 is 0. The van der Waals surface area contributed by atoms with Gasteiger partial charge in [0, 0.05) is 0 Å². The second-order valence-corrected chi connectivity index (χ2v) is 5.32. The summed E-state index contributed by atoms with van der Waals surface area (Å²) in [6.07, 6.45) is 7.07. The number of hydrogen-bond acceptors (Lipinski definition) is 2. The highest BCUT2D eigenvalue weighted by atomic mass is 16.3. The Bertz CT molecular complexity index is 319. The zero-order valence-corrected chi connectivity index (χ0v) is 11.2. The predicted molar refractivity (Wildman–Crippen MR) is 75.5 cm³/mol. The van der Waals surface area contributed by atoms with Gasteiger partial charge in [0.05, 0.1) is 6.10 Å². The molecule has 1 heterocycles. The summed E-state index contributed by atoms with van der Waals surface area (Å²) in [5, 5.41) is 10.0. The Balaban J connectivity index is 1.60. The molecular formula is C16H25NO. The molecule has 0 amide bonds. The van der Waals surface area contributed by atoms with Crippen LogP contribution in [-0.2, 0) is 0 Å². The first kappa shape index (κ1) is 13.6. The van der Waals surface area contributed by atoms with Gasteiger partial charge in [0.1, 0.15) is 0 Å². The van der Waals surface area contributed by atoms with Crippen LogP contribution in [0.25, 0.3) is 0 Å². The van der Waals surface area contributed by atoms with Crippen molar-refractivity contribution < 1.29 is 5.11 Å². The van der Waals surface area contributed by atoms with E-state index in [4.69, 9.17) is 0 Å². The van der Waals surface area contributed by atoms with Crippen molar-refractivity contribution in [1.82, 2.24) is 4.90 Å². The molecule has 1 aliphatic heterocycles. The van der Waals surface area contributed by atoms with Gasteiger partial charge < -0.3 is 10.0 Å². The third-order valence-electron chi connectivity index (χ3n) is 3.83. The van der Waals surface area contributed by atoms with E-state index < -0.39 is 0 Å².